The summed E-state index contributed by atoms with van der Waals surface area (Å²) in [4.78, 5) is 44.3. The Balaban J connectivity index is 1.37. The molecule has 1 aliphatic carbocycles. The number of ether oxygens (including phenoxy) is 1. The van der Waals surface area contributed by atoms with Gasteiger partial charge in [-0.3, -0.25) is 14.4 Å². The number of nitrogens with one attached hydrogen (secondary N) is 3. The number of piperidine rings is 3. The average Bonchev–Trinajstić information content (AvgIpc) is 3.33. The van der Waals surface area contributed by atoms with Crippen molar-refractivity contribution in [3.8, 4) is 11.8 Å². The van der Waals surface area contributed by atoms with E-state index in [2.05, 4.69) is 21.7 Å². The molecule has 1 aromatic carbocycles. The Labute approximate surface area is 204 Å². The number of benzene rings is 1. The number of aromatic nitrogens is 1. The molecule has 9 heteroatoms. The number of aromatic amines is 1. The van der Waals surface area contributed by atoms with Crippen LogP contribution in [-0.2, 0) is 9.59 Å². The molecular weight excluding hydrogens is 446 g/mol. The average molecular weight is 478 g/mol. The highest BCUT2D eigenvalue weighted by molar-refractivity contribution is 6.02. The quantitative estimate of drug-likeness (QED) is 0.589. The van der Waals surface area contributed by atoms with Crippen LogP contribution in [0.25, 0.3) is 10.9 Å². The highest BCUT2D eigenvalue weighted by Crippen LogP contribution is 2.41. The fourth-order valence-corrected chi connectivity index (χ4v) is 6.09. The zero-order chi connectivity index (χ0) is 24.5. The lowest BCUT2D eigenvalue weighted by Crippen LogP contribution is -2.63. The highest BCUT2D eigenvalue weighted by atomic mass is 16.5. The predicted molar refractivity (Wildman–Crippen MR) is 128 cm³/mol. The van der Waals surface area contributed by atoms with E-state index in [1.807, 2.05) is 18.2 Å². The van der Waals surface area contributed by atoms with Crippen molar-refractivity contribution in [2.24, 2.45) is 11.8 Å². The van der Waals surface area contributed by atoms with Gasteiger partial charge in [-0.1, -0.05) is 6.07 Å². The van der Waals surface area contributed by atoms with Gasteiger partial charge in [-0.15, -0.1) is 0 Å². The number of H-pyrrole nitrogens is 1. The van der Waals surface area contributed by atoms with Crippen molar-refractivity contribution < 1.29 is 19.1 Å². The van der Waals surface area contributed by atoms with E-state index < -0.39 is 12.1 Å². The number of nitriles is 1. The minimum Gasteiger partial charge on any atom is -0.496 e. The number of methoxy groups -OCH3 is 1. The molecule has 0 unspecified atom stereocenters. The Morgan fingerprint density at radius 3 is 2.77 bits per heavy atom. The Hall–Kier alpha value is -3.54. The smallest absolute Gasteiger partial charge is 0.271 e. The minimum atomic E-state index is -0.772. The SMILES string of the molecule is COc1cccc2[nH]c(C(=O)N3C4CCC(CC4)[C@H]3C(=O)N[C@@H](C#N)C[C@@H]3CCCNC3=O)cc12. The number of hydrogen-bond acceptors (Lipinski definition) is 5. The van der Waals surface area contributed by atoms with Crippen molar-refractivity contribution in [2.45, 2.75) is 63.1 Å². The van der Waals surface area contributed by atoms with Crippen molar-refractivity contribution in [1.29, 1.82) is 5.26 Å². The summed E-state index contributed by atoms with van der Waals surface area (Å²) in [6, 6.07) is 8.12. The number of fused-ring (bicyclic) bond motifs is 4. The van der Waals surface area contributed by atoms with E-state index >= 15 is 0 Å². The van der Waals surface area contributed by atoms with Crippen LogP contribution < -0.4 is 15.4 Å². The van der Waals surface area contributed by atoms with E-state index in [0.29, 0.717) is 24.4 Å². The normalized spacial score (nSPS) is 26.6. The number of amides is 3. The third-order valence-electron chi connectivity index (χ3n) is 7.85. The maximum Gasteiger partial charge on any atom is 0.271 e. The molecule has 4 fully saturated rings. The standard InChI is InChI=1S/C26H31N5O4/c1-35-22-6-2-5-20-19(22)13-21(30-20)26(34)31-18-9-7-15(8-10-18)23(31)25(33)29-17(14-27)12-16-4-3-11-28-24(16)32/h2,5-6,13,15-18,23,30H,3-4,7-12H2,1H3,(H,28,32)(H,29,33)/t15?,16-,17+,18?,23-/m0/s1. The second kappa shape index (κ2) is 9.61. The molecule has 4 heterocycles. The molecule has 35 heavy (non-hydrogen) atoms. The lowest BCUT2D eigenvalue weighted by Gasteiger charge is -2.50. The summed E-state index contributed by atoms with van der Waals surface area (Å²) in [7, 11) is 1.59. The molecule has 9 nitrogen and oxygen atoms in total. The van der Waals surface area contributed by atoms with Gasteiger partial charge in [0.15, 0.2) is 0 Å². The first kappa shape index (κ1) is 23.2. The Bertz CT molecular complexity index is 1180. The number of carbonyl (C=O) groups excluding carboxylic acids is 3. The van der Waals surface area contributed by atoms with E-state index in [1.165, 1.54) is 0 Å². The molecule has 0 spiro atoms. The van der Waals surface area contributed by atoms with Crippen molar-refractivity contribution in [1.82, 2.24) is 20.5 Å². The molecular formula is C26H31N5O4. The highest BCUT2D eigenvalue weighted by Gasteiger charge is 2.48. The summed E-state index contributed by atoms with van der Waals surface area (Å²) >= 11 is 0. The van der Waals surface area contributed by atoms with Crippen LogP contribution >= 0.6 is 0 Å². The van der Waals surface area contributed by atoms with Gasteiger partial charge in [0.25, 0.3) is 5.91 Å². The topological polar surface area (TPSA) is 127 Å². The fraction of sp³-hybridized carbons (Fsp3) is 0.538. The number of carbonyl (C=O) groups is 3. The number of hydrogen-bond donors (Lipinski definition) is 3. The zero-order valence-electron chi connectivity index (χ0n) is 19.9. The lowest BCUT2D eigenvalue weighted by atomic mass is 9.74. The van der Waals surface area contributed by atoms with Gasteiger partial charge in [-0.05, 0) is 69.1 Å². The van der Waals surface area contributed by atoms with Crippen LogP contribution in [0, 0.1) is 23.2 Å². The maximum absolute atomic E-state index is 13.7. The largest absolute Gasteiger partial charge is 0.496 e. The van der Waals surface area contributed by atoms with Crippen LogP contribution in [0.2, 0.25) is 0 Å². The van der Waals surface area contributed by atoms with Crippen LogP contribution in [0.3, 0.4) is 0 Å². The molecule has 3 amide bonds. The minimum absolute atomic E-state index is 0.0128. The van der Waals surface area contributed by atoms with Gasteiger partial charge in [0.05, 0.1) is 13.2 Å². The van der Waals surface area contributed by atoms with E-state index in [-0.39, 0.29) is 42.0 Å². The molecule has 3 atom stereocenters. The maximum atomic E-state index is 13.7. The van der Waals surface area contributed by atoms with E-state index in [0.717, 1.165) is 43.0 Å². The Morgan fingerprint density at radius 1 is 1.26 bits per heavy atom. The van der Waals surface area contributed by atoms with Crippen LogP contribution in [-0.4, -0.2) is 59.4 Å². The molecule has 3 aliphatic heterocycles. The summed E-state index contributed by atoms with van der Waals surface area (Å²) in [5.74, 6) is -0.123. The number of nitrogens with zero attached hydrogens (tertiary/aromatic N) is 2. The molecule has 1 aromatic heterocycles. The Kier molecular flexibility index (Phi) is 6.37. The van der Waals surface area contributed by atoms with Crippen LogP contribution in [0.1, 0.15) is 55.4 Å². The van der Waals surface area contributed by atoms with Gasteiger partial charge >= 0.3 is 0 Å². The van der Waals surface area contributed by atoms with Crippen molar-refractivity contribution in [3.63, 3.8) is 0 Å². The summed E-state index contributed by atoms with van der Waals surface area (Å²) < 4.78 is 5.43. The predicted octanol–water partition coefficient (Wildman–Crippen LogP) is 2.48. The molecule has 184 valence electrons. The van der Waals surface area contributed by atoms with Crippen molar-refractivity contribution in [2.75, 3.05) is 13.7 Å². The first-order valence-electron chi connectivity index (χ1n) is 12.5. The summed E-state index contributed by atoms with van der Waals surface area (Å²) in [5, 5.41) is 16.2. The second-order valence-electron chi connectivity index (χ2n) is 9.89. The number of rotatable bonds is 6. The van der Waals surface area contributed by atoms with Crippen molar-refractivity contribution in [3.05, 3.63) is 30.0 Å². The molecule has 1 saturated carbocycles. The van der Waals surface area contributed by atoms with Gasteiger partial charge < -0.3 is 25.3 Å². The van der Waals surface area contributed by atoms with Gasteiger partial charge in [-0.25, -0.2) is 0 Å². The fourth-order valence-electron chi connectivity index (χ4n) is 6.09. The lowest BCUT2D eigenvalue weighted by molar-refractivity contribution is -0.134. The first-order chi connectivity index (χ1) is 17.0. The van der Waals surface area contributed by atoms with E-state index in [1.54, 1.807) is 18.1 Å². The Morgan fingerprint density at radius 2 is 2.06 bits per heavy atom. The molecule has 6 rings (SSSR count). The first-order valence-corrected chi connectivity index (χ1v) is 12.5. The third kappa shape index (κ3) is 4.33. The van der Waals surface area contributed by atoms with Crippen LogP contribution in [0.4, 0.5) is 0 Å². The summed E-state index contributed by atoms with van der Waals surface area (Å²) in [6.07, 6.45) is 5.37. The van der Waals surface area contributed by atoms with Gasteiger partial charge in [-0.2, -0.15) is 5.26 Å². The monoisotopic (exact) mass is 477 g/mol. The molecule has 4 aliphatic rings. The molecule has 2 aromatic rings. The zero-order valence-corrected chi connectivity index (χ0v) is 19.9. The molecule has 2 bridgehead atoms. The van der Waals surface area contributed by atoms with E-state index in [4.69, 9.17) is 4.74 Å². The van der Waals surface area contributed by atoms with Gasteiger partial charge in [0, 0.05) is 29.4 Å². The summed E-state index contributed by atoms with van der Waals surface area (Å²) in [6.45, 7) is 0.654. The van der Waals surface area contributed by atoms with E-state index in [9.17, 15) is 19.6 Å². The third-order valence-corrected chi connectivity index (χ3v) is 7.85. The van der Waals surface area contributed by atoms with Gasteiger partial charge in [0.2, 0.25) is 11.8 Å². The van der Waals surface area contributed by atoms with Gasteiger partial charge in [0.1, 0.15) is 23.5 Å². The van der Waals surface area contributed by atoms with Crippen LogP contribution in [0.15, 0.2) is 24.3 Å². The molecule has 0 radical (unpaired) electrons. The summed E-state index contributed by atoms with van der Waals surface area (Å²) in [5.41, 5.74) is 1.22. The van der Waals surface area contributed by atoms with Crippen molar-refractivity contribution >= 4 is 28.6 Å². The molecule has 3 saturated heterocycles. The van der Waals surface area contributed by atoms with Crippen LogP contribution in [0.5, 0.6) is 5.75 Å². The molecule has 3 N–H and O–H groups in total. The second-order valence-corrected chi connectivity index (χ2v) is 9.89.